The van der Waals surface area contributed by atoms with Crippen LogP contribution in [0.5, 0.6) is 0 Å². The maximum Gasteiger partial charge on any atom is 0.238 e. The van der Waals surface area contributed by atoms with Gasteiger partial charge in [0.2, 0.25) is 5.91 Å². The van der Waals surface area contributed by atoms with Gasteiger partial charge in [-0.05, 0) is 43.3 Å². The van der Waals surface area contributed by atoms with E-state index in [0.717, 1.165) is 36.8 Å². The summed E-state index contributed by atoms with van der Waals surface area (Å²) in [6, 6.07) is 15.2. The number of rotatable bonds is 5. The third kappa shape index (κ3) is 4.21. The van der Waals surface area contributed by atoms with Crippen LogP contribution in [-0.4, -0.2) is 54.3 Å². The van der Waals surface area contributed by atoms with Crippen LogP contribution in [0.3, 0.4) is 0 Å². The van der Waals surface area contributed by atoms with Gasteiger partial charge in [0.25, 0.3) is 0 Å². The number of anilines is 2. The van der Waals surface area contributed by atoms with Crippen LogP contribution in [0.4, 0.5) is 10.8 Å². The minimum atomic E-state index is -0.0380. The highest BCUT2D eigenvalue weighted by Gasteiger charge is 2.21. The Bertz CT molecular complexity index is 958. The molecule has 1 aliphatic rings. The van der Waals surface area contributed by atoms with Gasteiger partial charge in [-0.3, -0.25) is 14.5 Å². The molecule has 0 aliphatic carbocycles. The number of thiazole rings is 1. The molecule has 1 aromatic heterocycles. The summed E-state index contributed by atoms with van der Waals surface area (Å²) in [7, 11) is 0. The SMILES string of the molecule is CC(=O)c1ccc(NC(=O)CN2CCN(c3nc4ccccc4s3)CC2)cc1. The van der Waals surface area contributed by atoms with E-state index in [1.807, 2.05) is 18.2 Å². The van der Waals surface area contributed by atoms with Crippen LogP contribution in [0.1, 0.15) is 17.3 Å². The molecule has 2 heterocycles. The molecule has 0 atom stereocenters. The van der Waals surface area contributed by atoms with Crippen molar-refractivity contribution in [2.24, 2.45) is 0 Å². The summed E-state index contributed by atoms with van der Waals surface area (Å²) in [6.45, 7) is 5.27. The highest BCUT2D eigenvalue weighted by atomic mass is 32.1. The van der Waals surface area contributed by atoms with Gasteiger partial charge in [-0.1, -0.05) is 23.5 Å². The molecule has 0 radical (unpaired) electrons. The summed E-state index contributed by atoms with van der Waals surface area (Å²) >= 11 is 1.72. The first-order valence-corrected chi connectivity index (χ1v) is 10.1. The lowest BCUT2D eigenvalue weighted by atomic mass is 10.1. The minimum absolute atomic E-state index is 0.0175. The van der Waals surface area contributed by atoms with Gasteiger partial charge in [0.1, 0.15) is 0 Å². The molecular formula is C21H22N4O2S. The fourth-order valence-corrected chi connectivity index (χ4v) is 4.30. The number of fused-ring (bicyclic) bond motifs is 1. The quantitative estimate of drug-likeness (QED) is 0.673. The molecule has 0 spiro atoms. The smallest absolute Gasteiger partial charge is 0.238 e. The maximum absolute atomic E-state index is 12.3. The van der Waals surface area contributed by atoms with Crippen molar-refractivity contribution in [1.29, 1.82) is 0 Å². The highest BCUT2D eigenvalue weighted by molar-refractivity contribution is 7.22. The van der Waals surface area contributed by atoms with Crippen molar-refractivity contribution in [3.8, 4) is 0 Å². The van der Waals surface area contributed by atoms with Crippen LogP contribution in [0.25, 0.3) is 10.2 Å². The van der Waals surface area contributed by atoms with E-state index in [0.29, 0.717) is 17.8 Å². The number of ketones is 1. The number of carbonyl (C=O) groups excluding carboxylic acids is 2. The Morgan fingerprint density at radius 1 is 1.04 bits per heavy atom. The summed E-state index contributed by atoms with van der Waals surface area (Å²) in [6.07, 6.45) is 0. The molecule has 1 N–H and O–H groups in total. The molecule has 144 valence electrons. The topological polar surface area (TPSA) is 65.5 Å². The second kappa shape index (κ2) is 8.08. The largest absolute Gasteiger partial charge is 0.345 e. The molecule has 4 rings (SSSR count). The summed E-state index contributed by atoms with van der Waals surface area (Å²) in [4.78, 5) is 32.8. The highest BCUT2D eigenvalue weighted by Crippen LogP contribution is 2.29. The second-order valence-corrected chi connectivity index (χ2v) is 7.92. The van der Waals surface area contributed by atoms with Gasteiger partial charge in [-0.25, -0.2) is 4.98 Å². The number of piperazine rings is 1. The van der Waals surface area contributed by atoms with Gasteiger partial charge in [-0.15, -0.1) is 0 Å². The number of amides is 1. The van der Waals surface area contributed by atoms with Crippen LogP contribution in [0, 0.1) is 0 Å². The monoisotopic (exact) mass is 394 g/mol. The maximum atomic E-state index is 12.3. The normalized spacial score (nSPS) is 15.0. The zero-order chi connectivity index (χ0) is 19.5. The third-order valence-corrected chi connectivity index (χ3v) is 5.96. The average molecular weight is 395 g/mol. The molecule has 0 unspecified atom stereocenters. The predicted octanol–water partition coefficient (Wildman–Crippen LogP) is 3.26. The van der Waals surface area contributed by atoms with Crippen molar-refractivity contribution in [3.63, 3.8) is 0 Å². The Hall–Kier alpha value is -2.77. The van der Waals surface area contributed by atoms with E-state index in [1.165, 1.54) is 11.6 Å². The first kappa shape index (κ1) is 18.6. The Kier molecular flexibility index (Phi) is 5.36. The van der Waals surface area contributed by atoms with Gasteiger partial charge in [-0.2, -0.15) is 0 Å². The summed E-state index contributed by atoms with van der Waals surface area (Å²) in [5.41, 5.74) is 2.40. The standard InChI is InChI=1S/C21H22N4O2S/c1-15(26)16-6-8-17(9-7-16)22-20(27)14-24-10-12-25(13-11-24)21-23-18-4-2-3-5-19(18)28-21/h2-9H,10-14H2,1H3,(H,22,27). The van der Waals surface area contributed by atoms with Crippen molar-refractivity contribution < 1.29 is 9.59 Å². The lowest BCUT2D eigenvalue weighted by Gasteiger charge is -2.34. The molecule has 7 heteroatoms. The van der Waals surface area contributed by atoms with Crippen molar-refractivity contribution >= 4 is 44.1 Å². The van der Waals surface area contributed by atoms with E-state index in [4.69, 9.17) is 4.98 Å². The summed E-state index contributed by atoms with van der Waals surface area (Å²) in [5.74, 6) is -0.0205. The Morgan fingerprint density at radius 3 is 2.43 bits per heavy atom. The number of para-hydroxylation sites is 1. The van der Waals surface area contributed by atoms with Crippen LogP contribution in [-0.2, 0) is 4.79 Å². The fraction of sp³-hybridized carbons (Fsp3) is 0.286. The second-order valence-electron chi connectivity index (χ2n) is 6.91. The van der Waals surface area contributed by atoms with E-state index in [-0.39, 0.29) is 11.7 Å². The van der Waals surface area contributed by atoms with Gasteiger partial charge < -0.3 is 10.2 Å². The van der Waals surface area contributed by atoms with Crippen LogP contribution < -0.4 is 10.2 Å². The third-order valence-electron chi connectivity index (χ3n) is 4.87. The zero-order valence-electron chi connectivity index (χ0n) is 15.7. The first-order chi connectivity index (χ1) is 13.6. The number of hydrogen-bond donors (Lipinski definition) is 1. The first-order valence-electron chi connectivity index (χ1n) is 9.32. The molecule has 0 bridgehead atoms. The Morgan fingerprint density at radius 2 is 1.75 bits per heavy atom. The van der Waals surface area contributed by atoms with Gasteiger partial charge >= 0.3 is 0 Å². The molecule has 1 fully saturated rings. The number of Topliss-reactive ketones (excluding diaryl/α,β-unsaturated/α-hetero) is 1. The number of hydrogen-bond acceptors (Lipinski definition) is 6. The number of carbonyl (C=O) groups is 2. The minimum Gasteiger partial charge on any atom is -0.345 e. The van der Waals surface area contributed by atoms with E-state index in [1.54, 1.807) is 35.6 Å². The molecule has 1 amide bonds. The lowest BCUT2D eigenvalue weighted by Crippen LogP contribution is -2.48. The Balaban J connectivity index is 1.29. The summed E-state index contributed by atoms with van der Waals surface area (Å²) < 4.78 is 1.20. The molecule has 1 aliphatic heterocycles. The van der Waals surface area contributed by atoms with Gasteiger partial charge in [0.05, 0.1) is 16.8 Å². The number of aromatic nitrogens is 1. The van der Waals surface area contributed by atoms with E-state index < -0.39 is 0 Å². The van der Waals surface area contributed by atoms with Gasteiger partial charge in [0, 0.05) is 37.4 Å². The van der Waals surface area contributed by atoms with Crippen LogP contribution in [0.15, 0.2) is 48.5 Å². The number of benzene rings is 2. The van der Waals surface area contributed by atoms with Crippen LogP contribution >= 0.6 is 11.3 Å². The Labute approximate surface area is 167 Å². The lowest BCUT2D eigenvalue weighted by molar-refractivity contribution is -0.117. The molecular weight excluding hydrogens is 372 g/mol. The van der Waals surface area contributed by atoms with Crippen LogP contribution in [0.2, 0.25) is 0 Å². The van der Waals surface area contributed by atoms with Crippen molar-refractivity contribution in [1.82, 2.24) is 9.88 Å². The van der Waals surface area contributed by atoms with Crippen molar-refractivity contribution in [2.45, 2.75) is 6.92 Å². The average Bonchev–Trinajstić information content (AvgIpc) is 3.13. The molecule has 3 aromatic rings. The van der Waals surface area contributed by atoms with Crippen molar-refractivity contribution in [3.05, 3.63) is 54.1 Å². The van der Waals surface area contributed by atoms with Gasteiger partial charge in [0.15, 0.2) is 10.9 Å². The predicted molar refractivity (Wildman–Crippen MR) is 113 cm³/mol. The fourth-order valence-electron chi connectivity index (χ4n) is 3.28. The number of nitrogens with one attached hydrogen (secondary N) is 1. The van der Waals surface area contributed by atoms with E-state index >= 15 is 0 Å². The van der Waals surface area contributed by atoms with E-state index in [2.05, 4.69) is 21.2 Å². The molecule has 0 saturated carbocycles. The zero-order valence-corrected chi connectivity index (χ0v) is 16.5. The molecule has 6 nitrogen and oxygen atoms in total. The van der Waals surface area contributed by atoms with E-state index in [9.17, 15) is 9.59 Å². The number of nitrogens with zero attached hydrogens (tertiary/aromatic N) is 3. The molecule has 1 saturated heterocycles. The molecule has 28 heavy (non-hydrogen) atoms. The summed E-state index contributed by atoms with van der Waals surface area (Å²) in [5, 5.41) is 3.95. The molecule has 2 aromatic carbocycles. The van der Waals surface area contributed by atoms with Crippen molar-refractivity contribution in [2.75, 3.05) is 42.9 Å².